The van der Waals surface area contributed by atoms with Gasteiger partial charge in [0.05, 0.1) is 0 Å². The van der Waals surface area contributed by atoms with Gasteiger partial charge in [-0.05, 0) is 19.1 Å². The lowest BCUT2D eigenvalue weighted by molar-refractivity contribution is -0.142. The molecule has 0 bridgehead atoms. The lowest BCUT2D eigenvalue weighted by Crippen LogP contribution is -2.37. The van der Waals surface area contributed by atoms with Gasteiger partial charge in [0.1, 0.15) is 6.04 Å². The van der Waals surface area contributed by atoms with Crippen molar-refractivity contribution < 1.29 is 14.3 Å². The first kappa shape index (κ1) is 13.4. The van der Waals surface area contributed by atoms with Gasteiger partial charge in [-0.1, -0.05) is 48.5 Å². The van der Waals surface area contributed by atoms with E-state index in [4.69, 9.17) is 4.74 Å². The van der Waals surface area contributed by atoms with Gasteiger partial charge in [-0.25, -0.2) is 4.79 Å². The summed E-state index contributed by atoms with van der Waals surface area (Å²) in [5.41, 5.74) is 1.34. The van der Waals surface area contributed by atoms with E-state index in [2.05, 4.69) is 0 Å². The summed E-state index contributed by atoms with van der Waals surface area (Å²) >= 11 is 0. The second-order valence-corrected chi connectivity index (χ2v) is 4.95. The number of esters is 1. The quantitative estimate of drug-likeness (QED) is 0.795. The summed E-state index contributed by atoms with van der Waals surface area (Å²) in [6.45, 7) is 1.69. The first-order valence-corrected chi connectivity index (χ1v) is 6.81. The topological polar surface area (TPSA) is 46.6 Å². The highest BCUT2D eigenvalue weighted by atomic mass is 16.6. The Balaban J connectivity index is 1.97. The number of amides is 1. The number of carbonyl (C=O) groups is 2. The zero-order chi connectivity index (χ0) is 14.8. The molecule has 1 saturated heterocycles. The number of hydrogen-bond donors (Lipinski definition) is 0. The molecular formula is C17H15NO3. The summed E-state index contributed by atoms with van der Waals surface area (Å²) in [7, 11) is 0. The third kappa shape index (κ3) is 2.40. The monoisotopic (exact) mass is 281 g/mol. The van der Waals surface area contributed by atoms with E-state index < -0.39 is 12.3 Å². The van der Waals surface area contributed by atoms with Crippen molar-refractivity contribution in [2.24, 2.45) is 0 Å². The smallest absolute Gasteiger partial charge is 0.330 e. The van der Waals surface area contributed by atoms with Gasteiger partial charge in [0.2, 0.25) is 6.23 Å². The lowest BCUT2D eigenvalue weighted by atomic mass is 10.1. The number of nitrogens with zero attached hydrogens (tertiary/aromatic N) is 1. The van der Waals surface area contributed by atoms with E-state index in [0.717, 1.165) is 5.56 Å². The molecule has 0 radical (unpaired) electrons. The van der Waals surface area contributed by atoms with Crippen LogP contribution in [0.1, 0.15) is 29.1 Å². The molecule has 106 valence electrons. The molecule has 2 aromatic carbocycles. The van der Waals surface area contributed by atoms with Crippen LogP contribution in [0, 0.1) is 0 Å². The van der Waals surface area contributed by atoms with Crippen molar-refractivity contribution in [3.8, 4) is 0 Å². The summed E-state index contributed by atoms with van der Waals surface area (Å²) in [5.74, 6) is -0.587. The molecule has 1 amide bonds. The highest BCUT2D eigenvalue weighted by Crippen LogP contribution is 2.32. The summed E-state index contributed by atoms with van der Waals surface area (Å²) in [5, 5.41) is 0. The molecule has 2 aromatic rings. The Hall–Kier alpha value is -2.62. The predicted octanol–water partition coefficient (Wildman–Crippen LogP) is 2.77. The average molecular weight is 281 g/mol. The molecule has 0 spiro atoms. The lowest BCUT2D eigenvalue weighted by Gasteiger charge is -2.24. The number of carbonyl (C=O) groups excluding carboxylic acids is 2. The number of benzene rings is 2. The van der Waals surface area contributed by atoms with Gasteiger partial charge in [0.25, 0.3) is 5.91 Å². The fraction of sp³-hybridized carbons (Fsp3) is 0.176. The van der Waals surface area contributed by atoms with Gasteiger partial charge in [-0.2, -0.15) is 0 Å². The fourth-order valence-electron chi connectivity index (χ4n) is 2.44. The minimum Gasteiger partial charge on any atom is -0.435 e. The number of hydrogen-bond acceptors (Lipinski definition) is 3. The van der Waals surface area contributed by atoms with Gasteiger partial charge in [0, 0.05) is 11.1 Å². The third-order valence-corrected chi connectivity index (χ3v) is 3.58. The van der Waals surface area contributed by atoms with Gasteiger partial charge in [0.15, 0.2) is 0 Å². The van der Waals surface area contributed by atoms with E-state index in [-0.39, 0.29) is 11.9 Å². The highest BCUT2D eigenvalue weighted by Gasteiger charge is 2.43. The number of rotatable bonds is 2. The van der Waals surface area contributed by atoms with Crippen LogP contribution in [0.3, 0.4) is 0 Å². The molecule has 2 atom stereocenters. The van der Waals surface area contributed by atoms with Crippen molar-refractivity contribution in [1.82, 2.24) is 4.90 Å². The average Bonchev–Trinajstić information content (AvgIpc) is 2.84. The molecule has 1 aliphatic rings. The minimum absolute atomic E-state index is 0.206. The zero-order valence-corrected chi connectivity index (χ0v) is 11.6. The van der Waals surface area contributed by atoms with Crippen molar-refractivity contribution >= 4 is 11.9 Å². The maximum Gasteiger partial charge on any atom is 0.330 e. The van der Waals surface area contributed by atoms with Crippen molar-refractivity contribution in [3.63, 3.8) is 0 Å². The Morgan fingerprint density at radius 2 is 1.57 bits per heavy atom. The molecule has 3 rings (SSSR count). The van der Waals surface area contributed by atoms with Crippen LogP contribution in [0.25, 0.3) is 0 Å². The molecule has 0 saturated carbocycles. The molecule has 1 aliphatic heterocycles. The second kappa shape index (κ2) is 5.40. The largest absolute Gasteiger partial charge is 0.435 e. The van der Waals surface area contributed by atoms with Crippen molar-refractivity contribution in [2.75, 3.05) is 0 Å². The summed E-state index contributed by atoms with van der Waals surface area (Å²) < 4.78 is 5.38. The normalized spacial score (nSPS) is 21.2. The van der Waals surface area contributed by atoms with Gasteiger partial charge < -0.3 is 4.74 Å². The molecule has 1 fully saturated rings. The Kier molecular flexibility index (Phi) is 3.44. The second-order valence-electron chi connectivity index (χ2n) is 4.95. The van der Waals surface area contributed by atoms with Crippen LogP contribution < -0.4 is 0 Å². The van der Waals surface area contributed by atoms with Gasteiger partial charge in [-0.3, -0.25) is 9.69 Å². The third-order valence-electron chi connectivity index (χ3n) is 3.58. The molecule has 21 heavy (non-hydrogen) atoms. The van der Waals surface area contributed by atoms with Crippen LogP contribution >= 0.6 is 0 Å². The molecule has 0 N–H and O–H groups in total. The Bertz CT molecular complexity index is 654. The molecule has 4 nitrogen and oxygen atoms in total. The summed E-state index contributed by atoms with van der Waals surface area (Å²) in [6, 6.07) is 17.6. The van der Waals surface area contributed by atoms with E-state index in [9.17, 15) is 9.59 Å². The maximum atomic E-state index is 12.7. The molecule has 1 heterocycles. The van der Waals surface area contributed by atoms with Gasteiger partial charge in [-0.15, -0.1) is 0 Å². The number of ether oxygens (including phenoxy) is 1. The van der Waals surface area contributed by atoms with Crippen LogP contribution in [-0.2, 0) is 9.53 Å². The van der Waals surface area contributed by atoms with Crippen molar-refractivity contribution in [3.05, 3.63) is 71.8 Å². The molecule has 0 aliphatic carbocycles. The van der Waals surface area contributed by atoms with E-state index in [0.29, 0.717) is 5.56 Å². The van der Waals surface area contributed by atoms with Crippen molar-refractivity contribution in [2.45, 2.75) is 19.2 Å². The Morgan fingerprint density at radius 3 is 2.19 bits per heavy atom. The summed E-state index contributed by atoms with van der Waals surface area (Å²) in [4.78, 5) is 26.1. The number of cyclic esters (lactones) is 1. The van der Waals surface area contributed by atoms with E-state index in [1.807, 2.05) is 36.4 Å². The molecule has 0 unspecified atom stereocenters. The van der Waals surface area contributed by atoms with Gasteiger partial charge >= 0.3 is 5.97 Å². The fourth-order valence-corrected chi connectivity index (χ4v) is 2.44. The Labute approximate surface area is 123 Å². The van der Waals surface area contributed by atoms with Crippen LogP contribution in [0.4, 0.5) is 0 Å². The highest BCUT2D eigenvalue weighted by molar-refractivity contribution is 5.98. The van der Waals surface area contributed by atoms with E-state index in [1.54, 1.807) is 31.2 Å². The first-order valence-electron chi connectivity index (χ1n) is 6.81. The molecular weight excluding hydrogens is 266 g/mol. The summed E-state index contributed by atoms with van der Waals surface area (Å²) in [6.07, 6.45) is -0.665. The first-order chi connectivity index (χ1) is 10.2. The molecule has 0 aromatic heterocycles. The van der Waals surface area contributed by atoms with Crippen LogP contribution in [0.2, 0.25) is 0 Å². The SMILES string of the molecule is C[C@H]1C(=O)O[C@@H](c2ccccc2)N1C(=O)c1ccccc1. The van der Waals surface area contributed by atoms with Crippen LogP contribution in [-0.4, -0.2) is 22.8 Å². The van der Waals surface area contributed by atoms with E-state index in [1.165, 1.54) is 4.90 Å². The van der Waals surface area contributed by atoms with E-state index >= 15 is 0 Å². The Morgan fingerprint density at radius 1 is 1.00 bits per heavy atom. The minimum atomic E-state index is -0.665. The van der Waals surface area contributed by atoms with Crippen LogP contribution in [0.5, 0.6) is 0 Å². The molecule has 4 heteroatoms. The van der Waals surface area contributed by atoms with Crippen molar-refractivity contribution in [1.29, 1.82) is 0 Å². The zero-order valence-electron chi connectivity index (χ0n) is 11.6. The standard InChI is InChI=1S/C17H15NO3/c1-12-17(20)21-16(14-10-6-3-7-11-14)18(12)15(19)13-8-4-2-5-9-13/h2-12,16H,1H3/t12-,16-/m0/s1. The van der Waals surface area contributed by atoms with Crippen LogP contribution in [0.15, 0.2) is 60.7 Å². The predicted molar refractivity (Wildman–Crippen MR) is 77.3 cm³/mol. The maximum absolute atomic E-state index is 12.7.